The summed E-state index contributed by atoms with van der Waals surface area (Å²) in [5.41, 5.74) is 1.49. The minimum absolute atomic E-state index is 1.19. The lowest BCUT2D eigenvalue weighted by atomic mass is 10.1. The lowest BCUT2D eigenvalue weighted by molar-refractivity contribution is 0.296. The van der Waals surface area contributed by atoms with Crippen molar-refractivity contribution < 1.29 is 0 Å². The minimum atomic E-state index is 1.19. The molecule has 0 atom stereocenters. The maximum Gasteiger partial charge on any atom is 0.0342 e. The van der Waals surface area contributed by atoms with Crippen LogP contribution in [0.2, 0.25) is 0 Å². The highest BCUT2D eigenvalue weighted by atomic mass is 32.1. The first kappa shape index (κ1) is 14.5. The Morgan fingerprint density at radius 2 is 1.84 bits per heavy atom. The van der Waals surface area contributed by atoms with Gasteiger partial charge in [0.2, 0.25) is 0 Å². The van der Waals surface area contributed by atoms with E-state index in [0.717, 1.165) is 0 Å². The average Bonchev–Trinajstić information content (AvgIpc) is 2.90. The van der Waals surface area contributed by atoms with Gasteiger partial charge in [0.25, 0.3) is 0 Å². The molecule has 104 valence electrons. The third-order valence-electron chi connectivity index (χ3n) is 3.85. The number of hydrogen-bond donors (Lipinski definition) is 0. The van der Waals surface area contributed by atoms with Crippen molar-refractivity contribution in [2.24, 2.45) is 0 Å². The summed E-state index contributed by atoms with van der Waals surface area (Å²) in [5.74, 6) is 0. The van der Waals surface area contributed by atoms with Gasteiger partial charge in [0.15, 0.2) is 0 Å². The monoisotopic (exact) mass is 275 g/mol. The molecule has 0 unspecified atom stereocenters. The third-order valence-corrected chi connectivity index (χ3v) is 4.75. The highest BCUT2D eigenvalue weighted by molar-refractivity contribution is 7.17. The summed E-state index contributed by atoms with van der Waals surface area (Å²) in [7, 11) is 0. The largest absolute Gasteiger partial charge is 0.304 e. The molecule has 0 radical (unpaired) electrons. The second-order valence-corrected chi connectivity index (χ2v) is 6.08. The Morgan fingerprint density at radius 1 is 1.00 bits per heavy atom. The molecule has 2 aromatic rings. The minimum Gasteiger partial charge on any atom is -0.304 e. The highest BCUT2D eigenvalue weighted by Crippen LogP contribution is 2.22. The second kappa shape index (κ2) is 7.66. The number of nitrogens with zero attached hydrogens (tertiary/aromatic N) is 1. The SMILES string of the molecule is CCN(CC)CCCCCc1ccc2sccc2c1. The molecule has 19 heavy (non-hydrogen) atoms. The van der Waals surface area contributed by atoms with E-state index in [-0.39, 0.29) is 0 Å². The number of unbranched alkanes of at least 4 members (excludes halogenated alkanes) is 2. The Morgan fingerprint density at radius 3 is 2.63 bits per heavy atom. The third kappa shape index (κ3) is 4.32. The molecule has 0 saturated carbocycles. The molecule has 1 heterocycles. The van der Waals surface area contributed by atoms with Crippen molar-refractivity contribution in [1.29, 1.82) is 0 Å². The van der Waals surface area contributed by atoms with Gasteiger partial charge in [0, 0.05) is 4.70 Å². The molecule has 2 rings (SSSR count). The van der Waals surface area contributed by atoms with Gasteiger partial charge >= 0.3 is 0 Å². The first-order valence-electron chi connectivity index (χ1n) is 7.52. The summed E-state index contributed by atoms with van der Waals surface area (Å²) in [6.07, 6.45) is 5.22. The van der Waals surface area contributed by atoms with Crippen LogP contribution in [0.15, 0.2) is 29.6 Å². The van der Waals surface area contributed by atoms with Crippen molar-refractivity contribution in [3.63, 3.8) is 0 Å². The van der Waals surface area contributed by atoms with Crippen LogP contribution in [0, 0.1) is 0 Å². The first-order valence-corrected chi connectivity index (χ1v) is 8.40. The van der Waals surface area contributed by atoms with Crippen molar-refractivity contribution in [2.45, 2.75) is 39.5 Å². The van der Waals surface area contributed by atoms with Crippen LogP contribution in [0.3, 0.4) is 0 Å². The number of hydrogen-bond acceptors (Lipinski definition) is 2. The summed E-state index contributed by atoms with van der Waals surface area (Å²) in [6.45, 7) is 8.13. The van der Waals surface area contributed by atoms with Crippen LogP contribution < -0.4 is 0 Å². The molecule has 1 nitrogen and oxygen atoms in total. The molecule has 0 aliphatic rings. The van der Waals surface area contributed by atoms with Crippen LogP contribution in [0.25, 0.3) is 10.1 Å². The molecule has 0 amide bonds. The van der Waals surface area contributed by atoms with E-state index < -0.39 is 0 Å². The van der Waals surface area contributed by atoms with E-state index in [1.165, 1.54) is 61.0 Å². The lowest BCUT2D eigenvalue weighted by Crippen LogP contribution is -2.23. The van der Waals surface area contributed by atoms with Gasteiger partial charge in [0.1, 0.15) is 0 Å². The smallest absolute Gasteiger partial charge is 0.0342 e. The van der Waals surface area contributed by atoms with Gasteiger partial charge in [-0.3, -0.25) is 0 Å². The van der Waals surface area contributed by atoms with Crippen LogP contribution in [-0.4, -0.2) is 24.5 Å². The second-order valence-electron chi connectivity index (χ2n) is 5.13. The summed E-state index contributed by atoms with van der Waals surface area (Å²) in [6, 6.07) is 9.15. The fourth-order valence-electron chi connectivity index (χ4n) is 2.55. The van der Waals surface area contributed by atoms with Gasteiger partial charge in [-0.05, 0) is 67.4 Å². The van der Waals surface area contributed by atoms with Crippen molar-refractivity contribution in [1.82, 2.24) is 4.90 Å². The Hall–Kier alpha value is -0.860. The molecule has 0 saturated heterocycles. The van der Waals surface area contributed by atoms with Crippen LogP contribution in [0.4, 0.5) is 0 Å². The molecule has 0 fully saturated rings. The number of benzene rings is 1. The zero-order valence-corrected chi connectivity index (χ0v) is 13.0. The molecular weight excluding hydrogens is 250 g/mol. The standard InChI is InChI=1S/C17H25NS/c1-3-18(4-2)12-7-5-6-8-15-9-10-17-16(14-15)11-13-19-17/h9-11,13-14H,3-8,12H2,1-2H3. The Labute approximate surface area is 121 Å². The lowest BCUT2D eigenvalue weighted by Gasteiger charge is -2.17. The molecule has 0 spiro atoms. The molecule has 0 aliphatic carbocycles. The van der Waals surface area contributed by atoms with Crippen molar-refractivity contribution in [2.75, 3.05) is 19.6 Å². The summed E-state index contributed by atoms with van der Waals surface area (Å²) >= 11 is 1.83. The van der Waals surface area contributed by atoms with E-state index in [0.29, 0.717) is 0 Å². The zero-order chi connectivity index (χ0) is 13.5. The van der Waals surface area contributed by atoms with Crippen LogP contribution in [0.1, 0.15) is 38.7 Å². The highest BCUT2D eigenvalue weighted by Gasteiger charge is 2.00. The molecule has 0 bridgehead atoms. The van der Waals surface area contributed by atoms with E-state index in [9.17, 15) is 0 Å². The van der Waals surface area contributed by atoms with Crippen LogP contribution >= 0.6 is 11.3 Å². The fourth-order valence-corrected chi connectivity index (χ4v) is 3.32. The summed E-state index contributed by atoms with van der Waals surface area (Å²) < 4.78 is 1.41. The molecule has 1 aromatic heterocycles. The number of aryl methyl sites for hydroxylation is 1. The Bertz CT molecular complexity index is 485. The van der Waals surface area contributed by atoms with Crippen molar-refractivity contribution in [3.05, 3.63) is 35.2 Å². The zero-order valence-electron chi connectivity index (χ0n) is 12.2. The van der Waals surface area contributed by atoms with Gasteiger partial charge in [-0.25, -0.2) is 0 Å². The van der Waals surface area contributed by atoms with Crippen molar-refractivity contribution >= 4 is 21.4 Å². The van der Waals surface area contributed by atoms with E-state index in [1.54, 1.807) is 0 Å². The van der Waals surface area contributed by atoms with Crippen LogP contribution in [0.5, 0.6) is 0 Å². The predicted molar refractivity (Wildman–Crippen MR) is 87.2 cm³/mol. The van der Waals surface area contributed by atoms with Gasteiger partial charge in [-0.15, -0.1) is 11.3 Å². The van der Waals surface area contributed by atoms with Gasteiger partial charge in [-0.1, -0.05) is 32.4 Å². The molecule has 1 aromatic carbocycles. The Balaban J connectivity index is 1.70. The Kier molecular flexibility index (Phi) is 5.87. The first-order chi connectivity index (χ1) is 9.33. The predicted octanol–water partition coefficient (Wildman–Crippen LogP) is 4.96. The normalized spacial score (nSPS) is 11.5. The molecule has 0 aliphatic heterocycles. The van der Waals surface area contributed by atoms with Crippen LogP contribution in [-0.2, 0) is 6.42 Å². The summed E-state index contributed by atoms with van der Waals surface area (Å²) in [5, 5.41) is 3.59. The number of thiophene rings is 1. The van der Waals surface area contributed by atoms with E-state index >= 15 is 0 Å². The maximum absolute atomic E-state index is 2.51. The fraction of sp³-hybridized carbons (Fsp3) is 0.529. The van der Waals surface area contributed by atoms with Crippen molar-refractivity contribution in [3.8, 4) is 0 Å². The maximum atomic E-state index is 2.51. The molecule has 2 heteroatoms. The summed E-state index contributed by atoms with van der Waals surface area (Å²) in [4.78, 5) is 2.51. The topological polar surface area (TPSA) is 3.24 Å². The quantitative estimate of drug-likeness (QED) is 0.616. The van der Waals surface area contributed by atoms with Gasteiger partial charge in [-0.2, -0.15) is 0 Å². The van der Waals surface area contributed by atoms with E-state index in [1.807, 2.05) is 11.3 Å². The number of fused-ring (bicyclic) bond motifs is 1. The molecule has 0 N–H and O–H groups in total. The van der Waals surface area contributed by atoms with E-state index in [2.05, 4.69) is 48.4 Å². The average molecular weight is 275 g/mol. The number of rotatable bonds is 8. The molecular formula is C17H25NS. The van der Waals surface area contributed by atoms with Gasteiger partial charge in [0.05, 0.1) is 0 Å². The van der Waals surface area contributed by atoms with Gasteiger partial charge < -0.3 is 4.90 Å². The van der Waals surface area contributed by atoms with E-state index in [4.69, 9.17) is 0 Å².